The highest BCUT2D eigenvalue weighted by Gasteiger charge is 2.09. The van der Waals surface area contributed by atoms with Crippen LogP contribution < -0.4 is 15.4 Å². The lowest BCUT2D eigenvalue weighted by Crippen LogP contribution is -2.27. The number of para-hydroxylation sites is 1. The van der Waals surface area contributed by atoms with Gasteiger partial charge in [-0.15, -0.1) is 0 Å². The van der Waals surface area contributed by atoms with E-state index >= 15 is 0 Å². The number of amides is 2. The third-order valence-electron chi connectivity index (χ3n) is 4.05. The second-order valence-corrected chi connectivity index (χ2v) is 6.43. The third kappa shape index (κ3) is 5.99. The molecule has 5 heteroatoms. The molecule has 0 unspecified atom stereocenters. The van der Waals surface area contributed by atoms with Crippen LogP contribution in [0.4, 0.5) is 5.69 Å². The van der Waals surface area contributed by atoms with E-state index in [9.17, 15) is 9.59 Å². The van der Waals surface area contributed by atoms with Gasteiger partial charge in [0, 0.05) is 12.2 Å². The summed E-state index contributed by atoms with van der Waals surface area (Å²) in [6.07, 6.45) is -0.228. The fourth-order valence-corrected chi connectivity index (χ4v) is 2.55. The molecule has 3 aromatic carbocycles. The van der Waals surface area contributed by atoms with E-state index in [1.165, 1.54) is 0 Å². The van der Waals surface area contributed by atoms with Gasteiger partial charge in [0.1, 0.15) is 17.9 Å². The number of benzene rings is 3. The Bertz CT molecular complexity index is 920. The second kappa shape index (κ2) is 9.37. The minimum atomic E-state index is -0.363. The molecule has 0 spiro atoms. The molecule has 3 rings (SSSR count). The summed E-state index contributed by atoms with van der Waals surface area (Å²) in [5.41, 5.74) is 2.76. The van der Waals surface area contributed by atoms with Crippen LogP contribution >= 0.6 is 0 Å². The molecule has 0 aliphatic heterocycles. The summed E-state index contributed by atoms with van der Waals surface area (Å²) < 4.78 is 5.71. The van der Waals surface area contributed by atoms with Crippen LogP contribution in [-0.2, 0) is 16.1 Å². The largest absolute Gasteiger partial charge is 0.457 e. The van der Waals surface area contributed by atoms with Gasteiger partial charge in [0.15, 0.2) is 0 Å². The predicted molar refractivity (Wildman–Crippen MR) is 109 cm³/mol. The molecule has 0 aliphatic rings. The maximum absolute atomic E-state index is 12.1. The normalized spacial score (nSPS) is 10.2. The van der Waals surface area contributed by atoms with Crippen molar-refractivity contribution in [2.24, 2.45) is 0 Å². The zero-order valence-corrected chi connectivity index (χ0v) is 15.6. The highest BCUT2D eigenvalue weighted by Crippen LogP contribution is 2.22. The molecule has 0 aromatic heterocycles. The van der Waals surface area contributed by atoms with Gasteiger partial charge in [0.05, 0.1) is 0 Å². The Morgan fingerprint density at radius 3 is 2.11 bits per heavy atom. The van der Waals surface area contributed by atoms with Gasteiger partial charge < -0.3 is 15.4 Å². The van der Waals surface area contributed by atoms with Crippen LogP contribution in [0.2, 0.25) is 0 Å². The minimum absolute atomic E-state index is 0.228. The number of hydrogen-bond acceptors (Lipinski definition) is 3. The Balaban J connectivity index is 1.44. The number of rotatable bonds is 7. The first-order valence-electron chi connectivity index (χ1n) is 9.03. The standard InChI is InChI=1S/C23H22N2O3/c1-17-7-9-18(10-8-17)16-24-22(26)15-23(27)25-19-11-13-21(14-12-19)28-20-5-3-2-4-6-20/h2-14H,15-16H2,1H3,(H,24,26)(H,25,27). The minimum Gasteiger partial charge on any atom is -0.457 e. The number of carbonyl (C=O) groups excluding carboxylic acids is 2. The molecule has 0 fully saturated rings. The SMILES string of the molecule is Cc1ccc(CNC(=O)CC(=O)Nc2ccc(Oc3ccccc3)cc2)cc1. The average molecular weight is 374 g/mol. The smallest absolute Gasteiger partial charge is 0.233 e. The van der Waals surface area contributed by atoms with E-state index in [1.807, 2.05) is 61.5 Å². The first kappa shape index (κ1) is 19.2. The van der Waals surface area contributed by atoms with E-state index in [-0.39, 0.29) is 18.2 Å². The van der Waals surface area contributed by atoms with Crippen LogP contribution in [0.25, 0.3) is 0 Å². The predicted octanol–water partition coefficient (Wildman–Crippen LogP) is 4.43. The maximum atomic E-state index is 12.1. The van der Waals surface area contributed by atoms with Crippen LogP contribution in [0.5, 0.6) is 11.5 Å². The Kier molecular flexibility index (Phi) is 6.41. The summed E-state index contributed by atoms with van der Waals surface area (Å²) in [4.78, 5) is 24.0. The molecule has 0 radical (unpaired) electrons. The number of carbonyl (C=O) groups is 2. The Labute approximate surface area is 164 Å². The summed E-state index contributed by atoms with van der Waals surface area (Å²) in [7, 11) is 0. The molecular weight excluding hydrogens is 352 g/mol. The van der Waals surface area contributed by atoms with E-state index < -0.39 is 0 Å². The van der Waals surface area contributed by atoms with Crippen molar-refractivity contribution in [1.82, 2.24) is 5.32 Å². The number of nitrogens with one attached hydrogen (secondary N) is 2. The molecule has 2 amide bonds. The molecule has 28 heavy (non-hydrogen) atoms. The van der Waals surface area contributed by atoms with Gasteiger partial charge in [-0.05, 0) is 48.9 Å². The fraction of sp³-hybridized carbons (Fsp3) is 0.130. The monoisotopic (exact) mass is 374 g/mol. The second-order valence-electron chi connectivity index (χ2n) is 6.43. The highest BCUT2D eigenvalue weighted by molar-refractivity contribution is 6.03. The lowest BCUT2D eigenvalue weighted by atomic mass is 10.1. The lowest BCUT2D eigenvalue weighted by molar-refractivity contribution is -0.126. The van der Waals surface area contributed by atoms with Gasteiger partial charge >= 0.3 is 0 Å². The van der Waals surface area contributed by atoms with Crippen LogP contribution in [-0.4, -0.2) is 11.8 Å². The summed E-state index contributed by atoms with van der Waals surface area (Å²) in [6, 6.07) is 24.3. The summed E-state index contributed by atoms with van der Waals surface area (Å²) in [5, 5.41) is 5.47. The zero-order chi connectivity index (χ0) is 19.8. The Morgan fingerprint density at radius 2 is 1.43 bits per heavy atom. The Morgan fingerprint density at radius 1 is 0.786 bits per heavy atom. The quantitative estimate of drug-likeness (QED) is 0.601. The van der Waals surface area contributed by atoms with E-state index in [1.54, 1.807) is 24.3 Å². The molecule has 0 aliphatic carbocycles. The molecule has 5 nitrogen and oxygen atoms in total. The lowest BCUT2D eigenvalue weighted by Gasteiger charge is -2.09. The topological polar surface area (TPSA) is 67.4 Å². The van der Waals surface area contributed by atoms with Crippen LogP contribution in [0.1, 0.15) is 17.5 Å². The van der Waals surface area contributed by atoms with Crippen molar-refractivity contribution in [3.05, 3.63) is 90.0 Å². The van der Waals surface area contributed by atoms with Crippen molar-refractivity contribution in [3.63, 3.8) is 0 Å². The molecule has 0 atom stereocenters. The molecule has 2 N–H and O–H groups in total. The fourth-order valence-electron chi connectivity index (χ4n) is 2.55. The van der Waals surface area contributed by atoms with Crippen molar-refractivity contribution < 1.29 is 14.3 Å². The number of aryl methyl sites for hydroxylation is 1. The van der Waals surface area contributed by atoms with Gasteiger partial charge in [-0.3, -0.25) is 9.59 Å². The Hall–Kier alpha value is -3.60. The molecular formula is C23H22N2O3. The first-order valence-corrected chi connectivity index (χ1v) is 9.03. The third-order valence-corrected chi connectivity index (χ3v) is 4.05. The van der Waals surface area contributed by atoms with Crippen molar-refractivity contribution in [2.75, 3.05) is 5.32 Å². The van der Waals surface area contributed by atoms with Crippen molar-refractivity contribution in [3.8, 4) is 11.5 Å². The van der Waals surface area contributed by atoms with Crippen LogP contribution in [0, 0.1) is 6.92 Å². The molecule has 142 valence electrons. The molecule has 0 bridgehead atoms. The first-order chi connectivity index (χ1) is 13.6. The molecule has 0 heterocycles. The maximum Gasteiger partial charge on any atom is 0.233 e. The average Bonchev–Trinajstić information content (AvgIpc) is 2.70. The summed E-state index contributed by atoms with van der Waals surface area (Å²) in [5.74, 6) is 0.727. The molecule has 3 aromatic rings. The number of ether oxygens (including phenoxy) is 1. The van der Waals surface area contributed by atoms with Gasteiger partial charge in [-0.25, -0.2) is 0 Å². The van der Waals surface area contributed by atoms with E-state index in [0.29, 0.717) is 18.0 Å². The van der Waals surface area contributed by atoms with Crippen molar-refractivity contribution in [2.45, 2.75) is 19.9 Å². The van der Waals surface area contributed by atoms with E-state index in [0.717, 1.165) is 16.9 Å². The molecule has 0 saturated carbocycles. The van der Waals surface area contributed by atoms with Crippen molar-refractivity contribution >= 4 is 17.5 Å². The van der Waals surface area contributed by atoms with Crippen LogP contribution in [0.15, 0.2) is 78.9 Å². The van der Waals surface area contributed by atoms with Crippen molar-refractivity contribution in [1.29, 1.82) is 0 Å². The summed E-state index contributed by atoms with van der Waals surface area (Å²) >= 11 is 0. The zero-order valence-electron chi connectivity index (χ0n) is 15.6. The van der Waals surface area contributed by atoms with Gasteiger partial charge in [-0.2, -0.15) is 0 Å². The van der Waals surface area contributed by atoms with E-state index in [2.05, 4.69) is 10.6 Å². The van der Waals surface area contributed by atoms with Gasteiger partial charge in [-0.1, -0.05) is 48.0 Å². The number of hydrogen-bond donors (Lipinski definition) is 2. The van der Waals surface area contributed by atoms with Crippen LogP contribution in [0.3, 0.4) is 0 Å². The van der Waals surface area contributed by atoms with Gasteiger partial charge in [0.25, 0.3) is 0 Å². The van der Waals surface area contributed by atoms with Gasteiger partial charge in [0.2, 0.25) is 11.8 Å². The number of anilines is 1. The summed E-state index contributed by atoms with van der Waals surface area (Å²) in [6.45, 7) is 2.41. The van der Waals surface area contributed by atoms with E-state index in [4.69, 9.17) is 4.74 Å². The molecule has 0 saturated heterocycles. The highest BCUT2D eigenvalue weighted by atomic mass is 16.5.